The molecule has 0 N–H and O–H groups in total. The molecule has 138 valence electrons. The maximum atomic E-state index is 12.7. The molecule has 4 rings (SSSR count). The van der Waals surface area contributed by atoms with Crippen LogP contribution in [0.15, 0.2) is 52.0 Å². The van der Waals surface area contributed by atoms with Crippen LogP contribution in [0, 0.1) is 6.92 Å². The van der Waals surface area contributed by atoms with Crippen molar-refractivity contribution >= 4 is 17.3 Å². The fourth-order valence-electron chi connectivity index (χ4n) is 3.09. The number of aromatic nitrogens is 1. The molecule has 0 radical (unpaired) electrons. The van der Waals surface area contributed by atoms with Gasteiger partial charge in [-0.15, -0.1) is 13.2 Å². The fourth-order valence-corrected chi connectivity index (χ4v) is 3.22. The lowest BCUT2D eigenvalue weighted by Gasteiger charge is -2.14. The Hall–Kier alpha value is -2.80. The number of hydrogen-bond donors (Lipinski definition) is 0. The molecule has 0 spiro atoms. The van der Waals surface area contributed by atoms with Crippen molar-refractivity contribution in [2.45, 2.75) is 19.8 Å². The molecule has 1 aromatic heterocycles. The monoisotopic (exact) mass is 392 g/mol. The van der Waals surface area contributed by atoms with Gasteiger partial charge in [0.15, 0.2) is 5.76 Å². The Morgan fingerprint density at radius 1 is 1.07 bits per heavy atom. The average Bonchev–Trinajstić information content (AvgIpc) is 2.88. The second-order valence-corrected chi connectivity index (χ2v) is 6.43. The number of fused-ring (bicyclic) bond motifs is 3. The molecule has 0 atom stereocenters. The van der Waals surface area contributed by atoms with E-state index in [9.17, 15) is 13.2 Å². The minimum absolute atomic E-state index is 0.221. The minimum Gasteiger partial charge on any atom is -0.406 e. The summed E-state index contributed by atoms with van der Waals surface area (Å²) in [6, 6.07) is 11.1. The Labute approximate surface area is 157 Å². The average molecular weight is 393 g/mol. The summed E-state index contributed by atoms with van der Waals surface area (Å²) in [6.07, 6.45) is -4.78. The van der Waals surface area contributed by atoms with E-state index in [4.69, 9.17) is 16.1 Å². The lowest BCUT2D eigenvalue weighted by Crippen LogP contribution is -2.17. The van der Waals surface area contributed by atoms with Crippen molar-refractivity contribution in [3.05, 3.63) is 70.1 Å². The van der Waals surface area contributed by atoms with Crippen molar-refractivity contribution in [3.63, 3.8) is 0 Å². The first-order valence-corrected chi connectivity index (χ1v) is 8.36. The molecule has 27 heavy (non-hydrogen) atoms. The van der Waals surface area contributed by atoms with Crippen LogP contribution in [0.1, 0.15) is 22.6 Å². The zero-order valence-corrected chi connectivity index (χ0v) is 14.7. The Morgan fingerprint density at radius 2 is 1.81 bits per heavy atom. The van der Waals surface area contributed by atoms with E-state index >= 15 is 0 Å². The van der Waals surface area contributed by atoms with Crippen LogP contribution in [0.2, 0.25) is 5.02 Å². The van der Waals surface area contributed by atoms with E-state index < -0.39 is 6.36 Å². The predicted molar refractivity (Wildman–Crippen MR) is 94.2 cm³/mol. The van der Waals surface area contributed by atoms with Gasteiger partial charge < -0.3 is 9.26 Å². The molecule has 2 aromatic carbocycles. The number of hydrogen-bond acceptors (Lipinski definition) is 4. The van der Waals surface area contributed by atoms with E-state index in [1.165, 1.54) is 12.1 Å². The summed E-state index contributed by atoms with van der Waals surface area (Å²) in [4.78, 5) is 4.56. The third-order valence-electron chi connectivity index (χ3n) is 4.18. The molecule has 0 saturated carbocycles. The van der Waals surface area contributed by atoms with Crippen molar-refractivity contribution in [3.8, 4) is 16.9 Å². The summed E-state index contributed by atoms with van der Waals surface area (Å²) in [7, 11) is 0. The van der Waals surface area contributed by atoms with Crippen LogP contribution in [0.3, 0.4) is 0 Å². The van der Waals surface area contributed by atoms with Crippen molar-refractivity contribution in [1.29, 1.82) is 0 Å². The normalized spacial score (nSPS) is 13.4. The molecule has 0 amide bonds. The van der Waals surface area contributed by atoms with Crippen molar-refractivity contribution < 1.29 is 22.4 Å². The summed E-state index contributed by atoms with van der Waals surface area (Å²) in [6.45, 7) is 2.00. The van der Waals surface area contributed by atoms with E-state index in [-0.39, 0.29) is 12.3 Å². The van der Waals surface area contributed by atoms with Gasteiger partial charge in [-0.2, -0.15) is 0 Å². The van der Waals surface area contributed by atoms with Crippen LogP contribution < -0.4 is 4.74 Å². The van der Waals surface area contributed by atoms with Gasteiger partial charge in [-0.1, -0.05) is 28.9 Å². The van der Waals surface area contributed by atoms with Crippen molar-refractivity contribution in [2.24, 2.45) is 4.99 Å². The maximum Gasteiger partial charge on any atom is 0.573 e. The van der Waals surface area contributed by atoms with Gasteiger partial charge in [-0.25, -0.2) is 0 Å². The van der Waals surface area contributed by atoms with E-state index in [0.717, 1.165) is 11.1 Å². The largest absolute Gasteiger partial charge is 0.573 e. The second-order valence-electron chi connectivity index (χ2n) is 5.99. The van der Waals surface area contributed by atoms with Crippen LogP contribution in [-0.4, -0.2) is 17.2 Å². The van der Waals surface area contributed by atoms with Crippen molar-refractivity contribution in [1.82, 2.24) is 5.16 Å². The molecule has 3 aromatic rings. The first kappa shape index (κ1) is 17.6. The number of alkyl halides is 3. The standard InChI is InChI=1S/C19H12ClF3N2O2/c1-10-17-14-7-6-13(26-19(21,22)23)8-15(14)18(24-9-16(17)27-25-10)11-2-4-12(20)5-3-11/h2-8H,9H2,1H3. The zero-order valence-electron chi connectivity index (χ0n) is 14.0. The number of rotatable bonds is 2. The van der Waals surface area contributed by atoms with Gasteiger partial charge in [0, 0.05) is 16.1 Å². The van der Waals surface area contributed by atoms with Crippen LogP contribution in [0.25, 0.3) is 11.1 Å². The molecule has 0 fully saturated rings. The summed E-state index contributed by atoms with van der Waals surface area (Å²) < 4.78 is 47.5. The van der Waals surface area contributed by atoms with Crippen LogP contribution >= 0.6 is 11.6 Å². The molecule has 0 unspecified atom stereocenters. The molecule has 1 aliphatic rings. The molecule has 4 nitrogen and oxygen atoms in total. The topological polar surface area (TPSA) is 47.6 Å². The quantitative estimate of drug-likeness (QED) is 0.574. The Balaban J connectivity index is 1.92. The molecular formula is C19H12ClF3N2O2. The third-order valence-corrected chi connectivity index (χ3v) is 4.43. The number of aryl methyl sites for hydroxylation is 1. The third kappa shape index (κ3) is 3.42. The van der Waals surface area contributed by atoms with Crippen LogP contribution in [0.5, 0.6) is 5.75 Å². The maximum absolute atomic E-state index is 12.7. The Kier molecular flexibility index (Phi) is 4.19. The fraction of sp³-hybridized carbons (Fsp3) is 0.158. The highest BCUT2D eigenvalue weighted by molar-refractivity contribution is 6.30. The molecular weight excluding hydrogens is 381 g/mol. The highest BCUT2D eigenvalue weighted by atomic mass is 35.5. The summed E-state index contributed by atoms with van der Waals surface area (Å²) >= 11 is 5.95. The lowest BCUT2D eigenvalue weighted by atomic mass is 9.93. The molecule has 1 aliphatic heterocycles. The van der Waals surface area contributed by atoms with Crippen molar-refractivity contribution in [2.75, 3.05) is 0 Å². The summed E-state index contributed by atoms with van der Waals surface area (Å²) in [5.41, 5.74) is 3.81. The highest BCUT2D eigenvalue weighted by Gasteiger charge is 2.32. The molecule has 0 bridgehead atoms. The number of halogens is 4. The molecule has 0 saturated heterocycles. The van der Waals surface area contributed by atoms with Gasteiger partial charge in [0.2, 0.25) is 0 Å². The van der Waals surface area contributed by atoms with Gasteiger partial charge in [-0.3, -0.25) is 4.99 Å². The smallest absolute Gasteiger partial charge is 0.406 e. The molecule has 0 aliphatic carbocycles. The van der Waals surface area contributed by atoms with E-state index in [1.807, 2.05) is 0 Å². The van der Waals surface area contributed by atoms with Gasteiger partial charge in [0.25, 0.3) is 0 Å². The highest BCUT2D eigenvalue weighted by Crippen LogP contribution is 2.37. The zero-order chi connectivity index (χ0) is 19.2. The Morgan fingerprint density at radius 3 is 2.52 bits per heavy atom. The van der Waals surface area contributed by atoms with Gasteiger partial charge >= 0.3 is 6.36 Å². The first-order chi connectivity index (χ1) is 12.8. The number of benzene rings is 2. The van der Waals surface area contributed by atoms with Crippen LogP contribution in [-0.2, 0) is 6.54 Å². The Bertz CT molecular complexity index is 1040. The number of ether oxygens (including phenoxy) is 1. The van der Waals surface area contributed by atoms with Gasteiger partial charge in [0.1, 0.15) is 12.3 Å². The van der Waals surface area contributed by atoms with Gasteiger partial charge in [-0.05, 0) is 42.8 Å². The number of nitrogens with zero attached hydrogens (tertiary/aromatic N) is 2. The van der Waals surface area contributed by atoms with E-state index in [1.54, 1.807) is 37.3 Å². The summed E-state index contributed by atoms with van der Waals surface area (Å²) in [5.74, 6) is 0.239. The minimum atomic E-state index is -4.78. The predicted octanol–water partition coefficient (Wildman–Crippen LogP) is 5.55. The SMILES string of the molecule is Cc1noc2c1-c1ccc(OC(F)(F)F)cc1C(c1ccc(Cl)cc1)=NC2. The lowest BCUT2D eigenvalue weighted by molar-refractivity contribution is -0.274. The van der Waals surface area contributed by atoms with Gasteiger partial charge in [0.05, 0.1) is 17.0 Å². The molecule has 2 heterocycles. The second kappa shape index (κ2) is 6.42. The first-order valence-electron chi connectivity index (χ1n) is 7.98. The van der Waals surface area contributed by atoms with E-state index in [2.05, 4.69) is 14.9 Å². The van der Waals surface area contributed by atoms with E-state index in [0.29, 0.717) is 33.3 Å². The summed E-state index contributed by atoms with van der Waals surface area (Å²) in [5, 5.41) is 4.51. The molecule has 8 heteroatoms. The van der Waals surface area contributed by atoms with Crippen LogP contribution in [0.4, 0.5) is 13.2 Å². The number of aliphatic imine (C=N–C) groups is 1.